The number of nitrogens with one attached hydrogen (secondary N) is 2. The Morgan fingerprint density at radius 1 is 1.08 bits per heavy atom. The van der Waals surface area contributed by atoms with E-state index in [0.29, 0.717) is 48.9 Å². The predicted molar refractivity (Wildman–Crippen MR) is 137 cm³/mol. The van der Waals surface area contributed by atoms with Crippen molar-refractivity contribution in [2.24, 2.45) is 0 Å². The van der Waals surface area contributed by atoms with Crippen molar-refractivity contribution in [2.75, 3.05) is 38.0 Å². The fourth-order valence-electron chi connectivity index (χ4n) is 4.73. The number of piperazine rings is 1. The minimum absolute atomic E-state index is 0.116. The number of para-hydroxylation sites is 1. The zero-order valence-corrected chi connectivity index (χ0v) is 20.6. The van der Waals surface area contributed by atoms with E-state index in [1.54, 1.807) is 21.6 Å². The number of hydrogen-bond donors (Lipinski definition) is 2. The van der Waals surface area contributed by atoms with Crippen molar-refractivity contribution >= 4 is 28.5 Å². The zero-order valence-electron chi connectivity index (χ0n) is 20.6. The molecule has 10 heteroatoms. The van der Waals surface area contributed by atoms with Crippen LogP contribution in [0.1, 0.15) is 27.3 Å². The third-order valence-electron chi connectivity index (χ3n) is 6.87. The molecule has 1 aliphatic heterocycles. The average Bonchev–Trinajstić information content (AvgIpc) is 3.43. The van der Waals surface area contributed by atoms with Crippen molar-refractivity contribution in [1.29, 1.82) is 5.26 Å². The molecule has 1 saturated heterocycles. The van der Waals surface area contributed by atoms with E-state index in [1.165, 1.54) is 12.1 Å². The molecule has 0 aliphatic carbocycles. The third kappa shape index (κ3) is 4.57. The number of aromatic nitrogens is 3. The van der Waals surface area contributed by atoms with E-state index >= 15 is 0 Å². The highest BCUT2D eigenvalue weighted by Gasteiger charge is 2.27. The van der Waals surface area contributed by atoms with Crippen LogP contribution in [-0.2, 0) is 4.79 Å². The van der Waals surface area contributed by atoms with E-state index in [2.05, 4.69) is 21.6 Å². The van der Waals surface area contributed by atoms with E-state index in [4.69, 9.17) is 0 Å². The van der Waals surface area contributed by atoms with E-state index < -0.39 is 0 Å². The lowest BCUT2D eigenvalue weighted by Gasteiger charge is -2.34. The first-order chi connectivity index (χ1) is 17.9. The number of hydrogen-bond acceptors (Lipinski definition) is 5. The molecule has 5 rings (SSSR count). The van der Waals surface area contributed by atoms with E-state index in [-0.39, 0.29) is 24.2 Å². The summed E-state index contributed by atoms with van der Waals surface area (Å²) in [6.07, 6.45) is 0. The summed E-state index contributed by atoms with van der Waals surface area (Å²) in [5.41, 5.74) is 3.78. The van der Waals surface area contributed by atoms with Crippen LogP contribution in [-0.4, -0.2) is 69.1 Å². The van der Waals surface area contributed by atoms with Crippen molar-refractivity contribution in [1.82, 2.24) is 24.6 Å². The quantitative estimate of drug-likeness (QED) is 0.438. The standard InChI is InChI=1S/C27H26FN7O2/c1-17-18(2)35(20-9-7-19(28)8-10-20)26(22(17)15-29)30-24(36)16-33-11-13-34(14-12-33)27(37)25-21-5-3-4-6-23(21)31-32-25/h3-10H,11-14,16H2,1-2H3,(H,30,36)(H,31,32). The van der Waals surface area contributed by atoms with Crippen LogP contribution in [0.15, 0.2) is 48.5 Å². The number of halogens is 1. The molecule has 0 unspecified atom stereocenters. The van der Waals surface area contributed by atoms with Gasteiger partial charge in [0, 0.05) is 42.9 Å². The SMILES string of the molecule is Cc1c(C#N)c(NC(=O)CN2CCN(C(=O)c3n[nH]c4ccccc34)CC2)n(-c2ccc(F)cc2)c1C. The summed E-state index contributed by atoms with van der Waals surface area (Å²) in [4.78, 5) is 29.8. The van der Waals surface area contributed by atoms with Gasteiger partial charge in [-0.1, -0.05) is 18.2 Å². The largest absolute Gasteiger partial charge is 0.335 e. The van der Waals surface area contributed by atoms with Gasteiger partial charge >= 0.3 is 0 Å². The van der Waals surface area contributed by atoms with Crippen LogP contribution in [0.5, 0.6) is 0 Å². The van der Waals surface area contributed by atoms with Crippen molar-refractivity contribution < 1.29 is 14.0 Å². The topological polar surface area (TPSA) is 110 Å². The number of anilines is 1. The van der Waals surface area contributed by atoms with Gasteiger partial charge in [-0.05, 0) is 49.7 Å². The van der Waals surface area contributed by atoms with Crippen molar-refractivity contribution in [3.8, 4) is 11.8 Å². The Morgan fingerprint density at radius 3 is 2.49 bits per heavy atom. The second kappa shape index (κ2) is 9.87. The molecular formula is C27H26FN7O2. The number of fused-ring (bicyclic) bond motifs is 1. The lowest BCUT2D eigenvalue weighted by atomic mass is 10.2. The smallest absolute Gasteiger partial charge is 0.275 e. The molecule has 1 fully saturated rings. The van der Waals surface area contributed by atoms with Gasteiger partial charge in [0.2, 0.25) is 5.91 Å². The highest BCUT2D eigenvalue weighted by molar-refractivity contribution is 6.04. The monoisotopic (exact) mass is 499 g/mol. The summed E-state index contributed by atoms with van der Waals surface area (Å²) in [5.74, 6) is -0.401. The Morgan fingerprint density at radius 2 is 1.78 bits per heavy atom. The minimum atomic E-state index is -0.366. The van der Waals surface area contributed by atoms with E-state index in [9.17, 15) is 19.2 Å². The molecule has 0 atom stereocenters. The summed E-state index contributed by atoms with van der Waals surface area (Å²) < 4.78 is 15.2. The summed E-state index contributed by atoms with van der Waals surface area (Å²) in [6, 6.07) is 15.6. The van der Waals surface area contributed by atoms with E-state index in [1.807, 2.05) is 43.0 Å². The van der Waals surface area contributed by atoms with Crippen LogP contribution in [0.3, 0.4) is 0 Å². The summed E-state index contributed by atoms with van der Waals surface area (Å²) >= 11 is 0. The molecule has 0 bridgehead atoms. The van der Waals surface area contributed by atoms with Gasteiger partial charge in [-0.15, -0.1) is 0 Å². The second-order valence-corrected chi connectivity index (χ2v) is 9.09. The fourth-order valence-corrected chi connectivity index (χ4v) is 4.73. The average molecular weight is 500 g/mol. The third-order valence-corrected chi connectivity index (χ3v) is 6.87. The maximum absolute atomic E-state index is 13.5. The molecule has 4 aromatic rings. The summed E-state index contributed by atoms with van der Waals surface area (Å²) in [7, 11) is 0. The highest BCUT2D eigenvalue weighted by Crippen LogP contribution is 2.30. The molecular weight excluding hydrogens is 473 g/mol. The normalized spacial score (nSPS) is 14.1. The lowest BCUT2D eigenvalue weighted by molar-refractivity contribution is -0.117. The van der Waals surface area contributed by atoms with Crippen LogP contribution in [0.25, 0.3) is 16.6 Å². The molecule has 2 aromatic heterocycles. The van der Waals surface area contributed by atoms with Gasteiger partial charge in [0.05, 0.1) is 17.6 Å². The first-order valence-electron chi connectivity index (χ1n) is 12.0. The van der Waals surface area contributed by atoms with Gasteiger partial charge < -0.3 is 10.2 Å². The van der Waals surface area contributed by atoms with Crippen molar-refractivity contribution in [3.05, 3.63) is 76.9 Å². The van der Waals surface area contributed by atoms with Gasteiger partial charge in [0.1, 0.15) is 17.7 Å². The number of carbonyl (C=O) groups is 2. The Labute approximate surface area is 213 Å². The maximum atomic E-state index is 13.5. The predicted octanol–water partition coefficient (Wildman–Crippen LogP) is 3.38. The lowest BCUT2D eigenvalue weighted by Crippen LogP contribution is -2.50. The molecule has 3 heterocycles. The second-order valence-electron chi connectivity index (χ2n) is 9.09. The van der Waals surface area contributed by atoms with Gasteiger partial charge in [-0.25, -0.2) is 4.39 Å². The molecule has 0 saturated carbocycles. The number of rotatable bonds is 5. The first kappa shape index (κ1) is 24.2. The van der Waals surface area contributed by atoms with Gasteiger partial charge in [-0.2, -0.15) is 10.4 Å². The molecule has 188 valence electrons. The molecule has 2 amide bonds. The minimum Gasteiger partial charge on any atom is -0.335 e. The van der Waals surface area contributed by atoms with Crippen LogP contribution < -0.4 is 5.32 Å². The number of aromatic amines is 1. The van der Waals surface area contributed by atoms with E-state index in [0.717, 1.165) is 22.2 Å². The Hall–Kier alpha value is -4.49. The van der Waals surface area contributed by atoms with Crippen LogP contribution in [0.4, 0.5) is 10.2 Å². The Bertz CT molecular complexity index is 1520. The maximum Gasteiger partial charge on any atom is 0.275 e. The molecule has 2 N–H and O–H groups in total. The van der Waals surface area contributed by atoms with Crippen LogP contribution in [0.2, 0.25) is 0 Å². The molecule has 0 radical (unpaired) electrons. The zero-order chi connectivity index (χ0) is 26.1. The molecule has 2 aromatic carbocycles. The molecule has 0 spiro atoms. The molecule has 1 aliphatic rings. The Kier molecular flexibility index (Phi) is 6.46. The number of benzene rings is 2. The summed E-state index contributed by atoms with van der Waals surface area (Å²) in [5, 5.41) is 20.5. The number of H-pyrrole nitrogens is 1. The molecule has 37 heavy (non-hydrogen) atoms. The van der Waals surface area contributed by atoms with Crippen molar-refractivity contribution in [3.63, 3.8) is 0 Å². The van der Waals surface area contributed by atoms with Crippen LogP contribution >= 0.6 is 0 Å². The number of carbonyl (C=O) groups excluding carboxylic acids is 2. The molecule has 9 nitrogen and oxygen atoms in total. The summed E-state index contributed by atoms with van der Waals surface area (Å²) in [6.45, 7) is 5.80. The first-order valence-corrected chi connectivity index (χ1v) is 12.0. The fraction of sp³-hybridized carbons (Fsp3) is 0.259. The van der Waals surface area contributed by atoms with Gasteiger partial charge in [0.15, 0.2) is 5.69 Å². The highest BCUT2D eigenvalue weighted by atomic mass is 19.1. The van der Waals surface area contributed by atoms with Crippen LogP contribution in [0, 0.1) is 31.0 Å². The number of amides is 2. The number of nitriles is 1. The van der Waals surface area contributed by atoms with Crippen molar-refractivity contribution in [2.45, 2.75) is 13.8 Å². The van der Waals surface area contributed by atoms with Gasteiger partial charge in [-0.3, -0.25) is 24.2 Å². The van der Waals surface area contributed by atoms with Gasteiger partial charge in [0.25, 0.3) is 5.91 Å². The number of nitrogens with zero attached hydrogens (tertiary/aromatic N) is 5. The Balaban J connectivity index is 1.26.